The molecule has 3 rings (SSSR count). The van der Waals surface area contributed by atoms with Crippen molar-refractivity contribution in [3.63, 3.8) is 0 Å². The quantitative estimate of drug-likeness (QED) is 0.836. The van der Waals surface area contributed by atoms with Crippen LogP contribution < -0.4 is 10.6 Å². The summed E-state index contributed by atoms with van der Waals surface area (Å²) in [5.74, 6) is -0.468. The van der Waals surface area contributed by atoms with Crippen LogP contribution in [0.15, 0.2) is 48.7 Å². The molecule has 0 saturated carbocycles. The first-order valence-electron chi connectivity index (χ1n) is 8.91. The van der Waals surface area contributed by atoms with Gasteiger partial charge in [0.15, 0.2) is 0 Å². The highest BCUT2D eigenvalue weighted by atomic mass is 16.5. The van der Waals surface area contributed by atoms with Gasteiger partial charge in [-0.1, -0.05) is 43.2 Å². The maximum Gasteiger partial charge on any atom is 0.340 e. The van der Waals surface area contributed by atoms with Crippen molar-refractivity contribution in [1.82, 2.24) is 4.98 Å². The van der Waals surface area contributed by atoms with Crippen molar-refractivity contribution in [3.05, 3.63) is 59.8 Å². The Morgan fingerprint density at radius 1 is 1.00 bits per heavy atom. The van der Waals surface area contributed by atoms with Gasteiger partial charge < -0.3 is 15.4 Å². The van der Waals surface area contributed by atoms with E-state index in [9.17, 15) is 9.59 Å². The molecule has 1 aliphatic heterocycles. The van der Waals surface area contributed by atoms with Gasteiger partial charge in [0.2, 0.25) is 6.10 Å². The van der Waals surface area contributed by atoms with Crippen LogP contribution in [0.2, 0.25) is 0 Å². The third kappa shape index (κ3) is 4.39. The third-order valence-corrected chi connectivity index (χ3v) is 4.50. The number of esters is 1. The number of pyridine rings is 1. The normalized spacial score (nSPS) is 15.8. The molecule has 136 valence electrons. The van der Waals surface area contributed by atoms with Crippen LogP contribution in [-0.4, -0.2) is 29.9 Å². The van der Waals surface area contributed by atoms with E-state index in [1.165, 1.54) is 19.0 Å². The van der Waals surface area contributed by atoms with Crippen LogP contribution in [0.1, 0.15) is 47.7 Å². The largest absolute Gasteiger partial charge is 0.444 e. The van der Waals surface area contributed by atoms with E-state index < -0.39 is 18.0 Å². The van der Waals surface area contributed by atoms with Gasteiger partial charge in [-0.25, -0.2) is 9.78 Å². The average molecular weight is 353 g/mol. The second kappa shape index (κ2) is 8.47. The number of aromatic nitrogens is 1. The molecule has 1 aromatic carbocycles. The van der Waals surface area contributed by atoms with Gasteiger partial charge in [0, 0.05) is 24.8 Å². The molecule has 2 heterocycles. The molecule has 0 radical (unpaired) electrons. The Kier molecular flexibility index (Phi) is 5.84. The molecule has 1 atom stereocenters. The molecule has 1 aliphatic rings. The highest BCUT2D eigenvalue weighted by Gasteiger charge is 2.23. The first-order chi connectivity index (χ1) is 12.6. The van der Waals surface area contributed by atoms with Crippen molar-refractivity contribution in [1.29, 1.82) is 0 Å². The maximum atomic E-state index is 12.4. The fourth-order valence-corrected chi connectivity index (χ4v) is 3.09. The summed E-state index contributed by atoms with van der Waals surface area (Å²) in [6, 6.07) is 12.2. The van der Waals surface area contributed by atoms with E-state index in [-0.39, 0.29) is 0 Å². The van der Waals surface area contributed by atoms with Gasteiger partial charge in [-0.3, -0.25) is 4.79 Å². The molecule has 6 heteroatoms. The lowest BCUT2D eigenvalue weighted by Crippen LogP contribution is -2.27. The van der Waals surface area contributed by atoms with Gasteiger partial charge in [-0.15, -0.1) is 0 Å². The van der Waals surface area contributed by atoms with E-state index >= 15 is 0 Å². The van der Waals surface area contributed by atoms with Crippen molar-refractivity contribution < 1.29 is 14.3 Å². The van der Waals surface area contributed by atoms with Crippen molar-refractivity contribution in [2.45, 2.75) is 31.8 Å². The van der Waals surface area contributed by atoms with Crippen LogP contribution in [-0.2, 0) is 9.53 Å². The smallest absolute Gasteiger partial charge is 0.340 e. The summed E-state index contributed by atoms with van der Waals surface area (Å²) in [7, 11) is 0. The molecule has 26 heavy (non-hydrogen) atoms. The molecular weight excluding hydrogens is 330 g/mol. The highest BCUT2D eigenvalue weighted by molar-refractivity contribution is 5.92. The molecule has 0 aliphatic carbocycles. The minimum Gasteiger partial charge on any atom is -0.444 e. The molecule has 0 unspecified atom stereocenters. The van der Waals surface area contributed by atoms with Gasteiger partial charge in [0.05, 0.1) is 5.56 Å². The molecule has 1 saturated heterocycles. The Labute approximate surface area is 153 Å². The zero-order valence-electron chi connectivity index (χ0n) is 14.6. The fourth-order valence-electron chi connectivity index (χ4n) is 3.09. The lowest BCUT2D eigenvalue weighted by atomic mass is 10.1. The standard InChI is InChI=1S/C20H23N3O3/c21-19(24)18(15-8-4-3-5-9-15)26-20(25)16-10-11-17(22-14-16)23-12-6-1-2-7-13-23/h3-5,8-11,14,18H,1-2,6-7,12-13H2,(H2,21,24)/t18-/m0/s1. The number of ether oxygens (including phenoxy) is 1. The molecule has 0 bridgehead atoms. The van der Waals surface area contributed by atoms with E-state index in [0.29, 0.717) is 11.1 Å². The number of hydrogen-bond donors (Lipinski definition) is 1. The number of anilines is 1. The van der Waals surface area contributed by atoms with Crippen molar-refractivity contribution in [3.8, 4) is 0 Å². The fraction of sp³-hybridized carbons (Fsp3) is 0.350. The number of nitrogens with zero attached hydrogens (tertiary/aromatic N) is 2. The van der Waals surface area contributed by atoms with Gasteiger partial charge >= 0.3 is 5.97 Å². The molecule has 1 aromatic heterocycles. The number of carbonyl (C=O) groups is 2. The second-order valence-electron chi connectivity index (χ2n) is 6.40. The number of amides is 1. The van der Waals surface area contributed by atoms with Gasteiger partial charge in [0.25, 0.3) is 5.91 Å². The van der Waals surface area contributed by atoms with Crippen LogP contribution in [0, 0.1) is 0 Å². The molecule has 0 spiro atoms. The van der Waals surface area contributed by atoms with Gasteiger partial charge in [-0.2, -0.15) is 0 Å². The summed E-state index contributed by atoms with van der Waals surface area (Å²) in [6.45, 7) is 1.96. The SMILES string of the molecule is NC(=O)[C@@H](OC(=O)c1ccc(N2CCCCCC2)nc1)c1ccccc1. The Morgan fingerprint density at radius 3 is 2.27 bits per heavy atom. The first-order valence-corrected chi connectivity index (χ1v) is 8.91. The summed E-state index contributed by atoms with van der Waals surface area (Å²) in [5, 5.41) is 0. The minimum atomic E-state index is -1.12. The molecule has 1 amide bonds. The van der Waals surface area contributed by atoms with Gasteiger partial charge in [-0.05, 0) is 25.0 Å². The van der Waals surface area contributed by atoms with Crippen molar-refractivity contribution in [2.75, 3.05) is 18.0 Å². The van der Waals surface area contributed by atoms with Crippen LogP contribution in [0.25, 0.3) is 0 Å². The lowest BCUT2D eigenvalue weighted by molar-refractivity contribution is -0.127. The number of nitrogens with two attached hydrogens (primary N) is 1. The number of hydrogen-bond acceptors (Lipinski definition) is 5. The Balaban J connectivity index is 1.70. The zero-order chi connectivity index (χ0) is 18.4. The first kappa shape index (κ1) is 17.9. The maximum absolute atomic E-state index is 12.4. The average Bonchev–Trinajstić information content (AvgIpc) is 2.96. The van der Waals surface area contributed by atoms with Crippen LogP contribution in [0.4, 0.5) is 5.82 Å². The lowest BCUT2D eigenvalue weighted by Gasteiger charge is -2.21. The van der Waals surface area contributed by atoms with Gasteiger partial charge in [0.1, 0.15) is 5.82 Å². The Morgan fingerprint density at radius 2 is 1.69 bits per heavy atom. The van der Waals surface area contributed by atoms with E-state index in [1.807, 2.05) is 12.1 Å². The van der Waals surface area contributed by atoms with Crippen LogP contribution in [0.5, 0.6) is 0 Å². The topological polar surface area (TPSA) is 85.5 Å². The highest BCUT2D eigenvalue weighted by Crippen LogP contribution is 2.21. The molecule has 6 nitrogen and oxygen atoms in total. The predicted molar refractivity (Wildman–Crippen MR) is 98.7 cm³/mol. The monoisotopic (exact) mass is 353 g/mol. The van der Waals surface area contributed by atoms with Crippen molar-refractivity contribution in [2.24, 2.45) is 5.73 Å². The number of rotatable bonds is 5. The summed E-state index contributed by atoms with van der Waals surface area (Å²) in [5.41, 5.74) is 6.23. The summed E-state index contributed by atoms with van der Waals surface area (Å²) >= 11 is 0. The minimum absolute atomic E-state index is 0.297. The van der Waals surface area contributed by atoms with Crippen LogP contribution >= 0.6 is 0 Å². The summed E-state index contributed by atoms with van der Waals surface area (Å²) in [4.78, 5) is 30.7. The Hall–Kier alpha value is -2.89. The zero-order valence-corrected chi connectivity index (χ0v) is 14.6. The molecule has 1 fully saturated rings. The van der Waals surface area contributed by atoms with E-state index in [1.54, 1.807) is 30.3 Å². The molecule has 2 N–H and O–H groups in total. The second-order valence-corrected chi connectivity index (χ2v) is 6.40. The van der Waals surface area contributed by atoms with E-state index in [4.69, 9.17) is 10.5 Å². The number of primary amides is 1. The van der Waals surface area contributed by atoms with E-state index in [2.05, 4.69) is 9.88 Å². The van der Waals surface area contributed by atoms with E-state index in [0.717, 1.165) is 31.7 Å². The molecular formula is C20H23N3O3. The third-order valence-electron chi connectivity index (χ3n) is 4.50. The number of carbonyl (C=O) groups excluding carboxylic acids is 2. The van der Waals surface area contributed by atoms with Crippen LogP contribution in [0.3, 0.4) is 0 Å². The molecule has 2 aromatic rings. The summed E-state index contributed by atoms with van der Waals surface area (Å²) < 4.78 is 5.32. The predicted octanol–water partition coefficient (Wildman–Crippen LogP) is 2.85. The Bertz CT molecular complexity index is 739. The number of benzene rings is 1. The summed E-state index contributed by atoms with van der Waals surface area (Å²) in [6.07, 6.45) is 5.18. The van der Waals surface area contributed by atoms with Crippen molar-refractivity contribution >= 4 is 17.7 Å².